The van der Waals surface area contributed by atoms with Crippen LogP contribution in [0.25, 0.3) is 0 Å². The molecule has 1 heterocycles. The summed E-state index contributed by atoms with van der Waals surface area (Å²) in [5.41, 5.74) is 1.72. The van der Waals surface area contributed by atoms with Crippen molar-refractivity contribution in [2.75, 3.05) is 18.5 Å². The van der Waals surface area contributed by atoms with Gasteiger partial charge < -0.3 is 19.5 Å². The van der Waals surface area contributed by atoms with Crippen molar-refractivity contribution in [3.05, 3.63) is 29.8 Å². The summed E-state index contributed by atoms with van der Waals surface area (Å²) < 4.78 is 11.4. The lowest BCUT2D eigenvalue weighted by Gasteiger charge is -2.35. The minimum absolute atomic E-state index is 0.154. The van der Waals surface area contributed by atoms with Crippen molar-refractivity contribution >= 4 is 11.7 Å². The van der Waals surface area contributed by atoms with Gasteiger partial charge in [0, 0.05) is 38.2 Å². The molecule has 5 heteroatoms. The van der Waals surface area contributed by atoms with Crippen molar-refractivity contribution in [3.8, 4) is 11.5 Å². The minimum Gasteiger partial charge on any atom is -0.504 e. The number of anilines is 1. The second-order valence-electron chi connectivity index (χ2n) is 6.45. The first-order valence-corrected chi connectivity index (χ1v) is 7.97. The van der Waals surface area contributed by atoms with Gasteiger partial charge >= 0.3 is 5.97 Å². The summed E-state index contributed by atoms with van der Waals surface area (Å²) in [4.78, 5) is 13.3. The third kappa shape index (κ3) is 2.44. The third-order valence-corrected chi connectivity index (χ3v) is 4.89. The van der Waals surface area contributed by atoms with E-state index in [2.05, 4.69) is 18.7 Å². The van der Waals surface area contributed by atoms with Gasteiger partial charge in [-0.05, 0) is 32.1 Å². The van der Waals surface area contributed by atoms with Gasteiger partial charge in [0.15, 0.2) is 11.5 Å². The monoisotopic (exact) mass is 317 g/mol. The van der Waals surface area contributed by atoms with Crippen molar-refractivity contribution in [1.82, 2.24) is 0 Å². The van der Waals surface area contributed by atoms with E-state index in [1.165, 1.54) is 6.92 Å². The Labute approximate surface area is 136 Å². The van der Waals surface area contributed by atoms with Crippen molar-refractivity contribution in [2.45, 2.75) is 44.8 Å². The van der Waals surface area contributed by atoms with Crippen LogP contribution in [-0.4, -0.2) is 36.9 Å². The number of esters is 1. The van der Waals surface area contributed by atoms with E-state index in [0.717, 1.165) is 17.8 Å². The van der Waals surface area contributed by atoms with Crippen LogP contribution in [0.1, 0.15) is 32.8 Å². The van der Waals surface area contributed by atoms with Gasteiger partial charge in [-0.25, -0.2) is 0 Å². The smallest absolute Gasteiger partial charge is 0.303 e. The van der Waals surface area contributed by atoms with Crippen LogP contribution in [0.15, 0.2) is 24.3 Å². The summed E-state index contributed by atoms with van der Waals surface area (Å²) in [6.07, 6.45) is 4.11. The first kappa shape index (κ1) is 15.7. The fraction of sp³-hybridized carbons (Fsp3) is 0.500. The topological polar surface area (TPSA) is 59.0 Å². The number of hydrogen-bond acceptors (Lipinski definition) is 5. The van der Waals surface area contributed by atoms with Crippen molar-refractivity contribution in [2.24, 2.45) is 0 Å². The van der Waals surface area contributed by atoms with Gasteiger partial charge in [0.2, 0.25) is 0 Å². The van der Waals surface area contributed by atoms with Gasteiger partial charge in [-0.2, -0.15) is 0 Å². The first-order chi connectivity index (χ1) is 10.9. The van der Waals surface area contributed by atoms with Crippen LogP contribution in [0.2, 0.25) is 0 Å². The molecule has 124 valence electrons. The molecule has 0 fully saturated rings. The molecule has 1 N–H and O–H groups in total. The maximum absolute atomic E-state index is 11.2. The second-order valence-corrected chi connectivity index (χ2v) is 6.45. The highest BCUT2D eigenvalue weighted by atomic mass is 16.5. The quantitative estimate of drug-likeness (QED) is 0.686. The lowest BCUT2D eigenvalue weighted by molar-refractivity contribution is -0.145. The van der Waals surface area contributed by atoms with Crippen LogP contribution in [0.5, 0.6) is 11.5 Å². The molecule has 0 spiro atoms. The van der Waals surface area contributed by atoms with Crippen LogP contribution in [0.3, 0.4) is 0 Å². The lowest BCUT2D eigenvalue weighted by Crippen LogP contribution is -2.41. The summed E-state index contributed by atoms with van der Waals surface area (Å²) in [6, 6.07) is 3.61. The van der Waals surface area contributed by atoms with E-state index in [-0.39, 0.29) is 29.3 Å². The highest BCUT2D eigenvalue weighted by Crippen LogP contribution is 2.54. The molecule has 0 saturated carbocycles. The van der Waals surface area contributed by atoms with Crippen LogP contribution in [-0.2, 0) is 14.9 Å². The third-order valence-electron chi connectivity index (χ3n) is 4.89. The van der Waals surface area contributed by atoms with E-state index in [9.17, 15) is 9.90 Å². The number of phenolic OH excluding ortho intramolecular Hbond substituents is 1. The predicted molar refractivity (Wildman–Crippen MR) is 88.1 cm³/mol. The van der Waals surface area contributed by atoms with E-state index in [0.29, 0.717) is 12.2 Å². The zero-order valence-corrected chi connectivity index (χ0v) is 14.0. The van der Waals surface area contributed by atoms with Crippen molar-refractivity contribution in [3.63, 3.8) is 0 Å². The summed E-state index contributed by atoms with van der Waals surface area (Å²) in [5.74, 6) is 0.401. The van der Waals surface area contributed by atoms with Gasteiger partial charge in [-0.1, -0.05) is 6.08 Å². The fourth-order valence-electron chi connectivity index (χ4n) is 3.50. The Bertz CT molecular complexity index is 669. The van der Waals surface area contributed by atoms with Gasteiger partial charge in [0.25, 0.3) is 0 Å². The molecular formula is C18H23NO4. The average Bonchev–Trinajstić information content (AvgIpc) is 2.81. The molecule has 1 aromatic carbocycles. The normalized spacial score (nSPS) is 27.8. The number of rotatable bonds is 3. The average molecular weight is 317 g/mol. The number of carbonyl (C=O) groups is 1. The molecule has 1 aliphatic heterocycles. The number of carbonyl (C=O) groups excluding carboxylic acids is 1. The number of phenols is 1. The summed E-state index contributed by atoms with van der Waals surface area (Å²) in [5, 5.41) is 10.2. The van der Waals surface area contributed by atoms with Gasteiger partial charge in [-0.3, -0.25) is 4.79 Å². The molecule has 0 saturated heterocycles. The molecule has 1 aromatic rings. The fourth-order valence-corrected chi connectivity index (χ4v) is 3.50. The summed E-state index contributed by atoms with van der Waals surface area (Å²) >= 11 is 0. The summed E-state index contributed by atoms with van der Waals surface area (Å²) in [6.45, 7) is 6.46. The molecule has 0 amide bonds. The molecule has 0 radical (unpaired) electrons. The molecule has 1 aliphatic carbocycles. The Balaban J connectivity index is 2.05. The Morgan fingerprint density at radius 2 is 2.26 bits per heavy atom. The molecule has 0 bridgehead atoms. The maximum atomic E-state index is 11.2. The molecule has 0 aromatic heterocycles. The molecule has 23 heavy (non-hydrogen) atoms. The number of nitrogens with zero attached hydrogens (tertiary/aromatic N) is 1. The van der Waals surface area contributed by atoms with Crippen molar-refractivity contribution in [1.29, 1.82) is 0 Å². The first-order valence-electron chi connectivity index (χ1n) is 7.97. The molecule has 5 nitrogen and oxygen atoms in total. The number of ether oxygens (including phenoxy) is 2. The molecule has 3 atom stereocenters. The van der Waals surface area contributed by atoms with Crippen LogP contribution in [0, 0.1) is 0 Å². The standard InChI is InChI=1S/C18H23NO4/c1-5-19(4)13-6-7-14(21)17-16(13)18(3)9-8-12(22-11(2)20)10-15(18)23-17/h6-9,12,15,21H,5,10H2,1-4H3/t12-,15-,18+/m0/s1. The van der Waals surface area contributed by atoms with Crippen molar-refractivity contribution < 1.29 is 19.4 Å². The van der Waals surface area contributed by atoms with Crippen LogP contribution < -0.4 is 9.64 Å². The molecular weight excluding hydrogens is 294 g/mol. The molecule has 3 rings (SSSR count). The highest BCUT2D eigenvalue weighted by molar-refractivity contribution is 5.70. The number of fused-ring (bicyclic) bond motifs is 3. The van der Waals surface area contributed by atoms with E-state index in [1.807, 2.05) is 25.3 Å². The largest absolute Gasteiger partial charge is 0.504 e. The van der Waals surface area contributed by atoms with E-state index < -0.39 is 0 Å². The van der Waals surface area contributed by atoms with E-state index in [4.69, 9.17) is 9.47 Å². The lowest BCUT2D eigenvalue weighted by atomic mass is 9.73. The Hall–Kier alpha value is -2.17. The van der Waals surface area contributed by atoms with Gasteiger partial charge in [0.05, 0.1) is 5.41 Å². The zero-order valence-electron chi connectivity index (χ0n) is 14.0. The molecule has 0 unspecified atom stereocenters. The SMILES string of the molecule is CCN(C)c1ccc(O)c2c1[C@]1(C)C=C[C@H](OC(C)=O)C[C@@H]1O2. The minimum atomic E-state index is -0.344. The predicted octanol–water partition coefficient (Wildman–Crippen LogP) is 2.76. The van der Waals surface area contributed by atoms with E-state index in [1.54, 1.807) is 6.07 Å². The maximum Gasteiger partial charge on any atom is 0.303 e. The van der Waals surface area contributed by atoms with Crippen LogP contribution >= 0.6 is 0 Å². The highest BCUT2D eigenvalue weighted by Gasteiger charge is 2.49. The van der Waals surface area contributed by atoms with Crippen LogP contribution in [0.4, 0.5) is 5.69 Å². The Morgan fingerprint density at radius 1 is 1.52 bits per heavy atom. The van der Waals surface area contributed by atoms with Gasteiger partial charge in [0.1, 0.15) is 12.2 Å². The number of benzene rings is 1. The van der Waals surface area contributed by atoms with E-state index >= 15 is 0 Å². The number of aromatic hydroxyl groups is 1. The zero-order chi connectivity index (χ0) is 16.8. The molecule has 2 aliphatic rings. The Kier molecular flexibility index (Phi) is 3.74. The summed E-state index contributed by atoms with van der Waals surface area (Å²) in [7, 11) is 2.03. The number of hydrogen-bond donors (Lipinski definition) is 1. The van der Waals surface area contributed by atoms with Gasteiger partial charge in [-0.15, -0.1) is 0 Å². The Morgan fingerprint density at radius 3 is 2.91 bits per heavy atom. The second kappa shape index (κ2) is 5.48.